The number of benzene rings is 1. The van der Waals surface area contributed by atoms with Crippen LogP contribution in [0.1, 0.15) is 0 Å². The van der Waals surface area contributed by atoms with Crippen LogP contribution in [0.5, 0.6) is 5.75 Å². The molecule has 1 N–H and O–H groups in total. The number of ether oxygens (including phenoxy) is 2. The zero-order chi connectivity index (χ0) is 13.4. The third-order valence-electron chi connectivity index (χ3n) is 1.87. The molecule has 0 heterocycles. The minimum atomic E-state index is -0.714. The van der Waals surface area contributed by atoms with Crippen LogP contribution < -0.4 is 10.2 Å². The smallest absolute Gasteiger partial charge is 0.370 e. The first kappa shape index (κ1) is 14.1. The highest BCUT2D eigenvalue weighted by Crippen LogP contribution is 2.23. The molecule has 0 unspecified atom stereocenters. The third kappa shape index (κ3) is 4.10. The summed E-state index contributed by atoms with van der Waals surface area (Å²) in [6.45, 7) is 3.93. The highest BCUT2D eigenvalue weighted by atomic mass is 35.5. The Morgan fingerprint density at radius 3 is 2.94 bits per heavy atom. The fourth-order valence-corrected chi connectivity index (χ4v) is 1.19. The van der Waals surface area contributed by atoms with Gasteiger partial charge in [0.1, 0.15) is 12.4 Å². The van der Waals surface area contributed by atoms with Crippen LogP contribution in [-0.4, -0.2) is 24.9 Å². The van der Waals surface area contributed by atoms with Gasteiger partial charge in [-0.2, -0.15) is 5.10 Å². The lowest BCUT2D eigenvalue weighted by molar-refractivity contribution is -0.132. The summed E-state index contributed by atoms with van der Waals surface area (Å²) in [5.74, 6) is -0.135. The largest absolute Gasteiger partial charge is 0.487 e. The quantitative estimate of drug-likeness (QED) is 0.372. The van der Waals surface area contributed by atoms with E-state index < -0.39 is 5.97 Å². The summed E-state index contributed by atoms with van der Waals surface area (Å²) in [5, 5.41) is 3.39. The van der Waals surface area contributed by atoms with Crippen molar-refractivity contribution in [3.05, 3.63) is 36.9 Å². The number of anilines is 1. The highest BCUT2D eigenvalue weighted by Gasteiger charge is 2.08. The Labute approximate surface area is 110 Å². The van der Waals surface area contributed by atoms with Crippen molar-refractivity contribution in [2.24, 2.45) is 5.10 Å². The molecular weight excluding hydrogens is 256 g/mol. The van der Waals surface area contributed by atoms with E-state index in [1.165, 1.54) is 7.11 Å². The number of methoxy groups -OCH3 is 1. The van der Waals surface area contributed by atoms with Crippen molar-refractivity contribution in [3.63, 3.8) is 0 Å². The van der Waals surface area contributed by atoms with Gasteiger partial charge in [-0.1, -0.05) is 36.4 Å². The molecule has 0 amide bonds. The minimum Gasteiger partial charge on any atom is -0.487 e. The summed E-state index contributed by atoms with van der Waals surface area (Å²) in [6.07, 6.45) is 1.63. The van der Waals surface area contributed by atoms with E-state index in [1.54, 1.807) is 24.3 Å². The Hall–Kier alpha value is -2.01. The fraction of sp³-hybridized carbons (Fsp3) is 0.167. The number of nitrogens with zero attached hydrogens (tertiary/aromatic N) is 1. The van der Waals surface area contributed by atoms with Gasteiger partial charge in [0.05, 0.1) is 12.8 Å². The normalized spacial score (nSPS) is 10.7. The highest BCUT2D eigenvalue weighted by molar-refractivity contribution is 6.82. The molecule has 1 aromatic carbocycles. The second kappa shape index (κ2) is 7.34. The van der Waals surface area contributed by atoms with Crippen molar-refractivity contribution in [3.8, 4) is 5.75 Å². The molecule has 0 aliphatic carbocycles. The van der Waals surface area contributed by atoms with E-state index in [0.29, 0.717) is 18.0 Å². The van der Waals surface area contributed by atoms with Crippen molar-refractivity contribution in [1.82, 2.24) is 0 Å². The van der Waals surface area contributed by atoms with Gasteiger partial charge in [0.25, 0.3) is 0 Å². The Kier molecular flexibility index (Phi) is 5.73. The average molecular weight is 269 g/mol. The SMILES string of the molecule is C=CCOc1ccccc1N/N=C(\Cl)C(=O)OC. The van der Waals surface area contributed by atoms with Crippen LogP contribution in [0.3, 0.4) is 0 Å². The number of hydrazone groups is 1. The molecule has 0 aliphatic heterocycles. The summed E-state index contributed by atoms with van der Waals surface area (Å²) in [6, 6.07) is 7.11. The van der Waals surface area contributed by atoms with E-state index in [-0.39, 0.29) is 5.17 Å². The molecule has 0 atom stereocenters. The molecule has 0 saturated carbocycles. The molecule has 5 nitrogen and oxygen atoms in total. The van der Waals surface area contributed by atoms with Gasteiger partial charge in [-0.3, -0.25) is 5.43 Å². The number of esters is 1. The molecule has 0 bridgehead atoms. The van der Waals surface area contributed by atoms with Crippen LogP contribution in [0.15, 0.2) is 42.0 Å². The molecule has 1 aromatic rings. The Morgan fingerprint density at radius 2 is 2.28 bits per heavy atom. The minimum absolute atomic E-state index is 0.295. The molecule has 96 valence electrons. The van der Waals surface area contributed by atoms with Crippen LogP contribution in [0.4, 0.5) is 5.69 Å². The molecule has 0 spiro atoms. The Morgan fingerprint density at radius 1 is 1.56 bits per heavy atom. The van der Waals surface area contributed by atoms with Crippen molar-refractivity contribution in [2.75, 3.05) is 19.1 Å². The van der Waals surface area contributed by atoms with Gasteiger partial charge in [0.15, 0.2) is 0 Å². The molecule has 0 fully saturated rings. The zero-order valence-corrected chi connectivity index (χ0v) is 10.6. The monoisotopic (exact) mass is 268 g/mol. The standard InChI is InChI=1S/C12H13ClN2O3/c1-3-8-18-10-7-5-4-6-9(10)14-15-11(13)12(16)17-2/h3-7,14H,1,8H2,2H3/b15-11-. The van der Waals surface area contributed by atoms with Crippen molar-refractivity contribution >= 4 is 28.4 Å². The lowest BCUT2D eigenvalue weighted by atomic mass is 10.3. The van der Waals surface area contributed by atoms with Crippen LogP contribution >= 0.6 is 11.6 Å². The van der Waals surface area contributed by atoms with E-state index >= 15 is 0 Å². The van der Waals surface area contributed by atoms with Crippen LogP contribution in [0, 0.1) is 0 Å². The number of halogens is 1. The van der Waals surface area contributed by atoms with Crippen molar-refractivity contribution < 1.29 is 14.3 Å². The zero-order valence-electron chi connectivity index (χ0n) is 9.85. The molecule has 0 radical (unpaired) electrons. The first-order chi connectivity index (χ1) is 8.69. The number of nitrogens with one attached hydrogen (secondary N) is 1. The number of hydrogen-bond donors (Lipinski definition) is 1. The van der Waals surface area contributed by atoms with E-state index in [9.17, 15) is 4.79 Å². The van der Waals surface area contributed by atoms with Crippen LogP contribution in [0.2, 0.25) is 0 Å². The second-order valence-electron chi connectivity index (χ2n) is 3.10. The van der Waals surface area contributed by atoms with E-state index in [2.05, 4.69) is 21.8 Å². The molecule has 1 rings (SSSR count). The van der Waals surface area contributed by atoms with Gasteiger partial charge in [-0.05, 0) is 12.1 Å². The number of hydrogen-bond acceptors (Lipinski definition) is 5. The molecule has 0 aliphatic rings. The van der Waals surface area contributed by atoms with E-state index in [4.69, 9.17) is 16.3 Å². The number of para-hydroxylation sites is 2. The number of carbonyl (C=O) groups excluding carboxylic acids is 1. The summed E-state index contributed by atoms with van der Waals surface area (Å²) in [7, 11) is 1.22. The van der Waals surface area contributed by atoms with Gasteiger partial charge < -0.3 is 9.47 Å². The predicted octanol–water partition coefficient (Wildman–Crippen LogP) is 2.39. The molecule has 0 aromatic heterocycles. The summed E-state index contributed by atoms with van der Waals surface area (Å²) >= 11 is 5.59. The van der Waals surface area contributed by atoms with Crippen LogP contribution in [-0.2, 0) is 9.53 Å². The first-order valence-corrected chi connectivity index (χ1v) is 5.47. The first-order valence-electron chi connectivity index (χ1n) is 5.09. The maximum atomic E-state index is 11.0. The summed E-state index contributed by atoms with van der Waals surface area (Å²) < 4.78 is 9.81. The van der Waals surface area contributed by atoms with Crippen molar-refractivity contribution in [1.29, 1.82) is 0 Å². The van der Waals surface area contributed by atoms with Gasteiger partial charge in [0, 0.05) is 0 Å². The summed E-state index contributed by atoms with van der Waals surface area (Å²) in [4.78, 5) is 11.0. The third-order valence-corrected chi connectivity index (χ3v) is 2.11. The maximum absolute atomic E-state index is 11.0. The van der Waals surface area contributed by atoms with E-state index in [0.717, 1.165) is 0 Å². The number of carbonyl (C=O) groups is 1. The average Bonchev–Trinajstić information content (AvgIpc) is 2.42. The molecular formula is C12H13ClN2O3. The summed E-state index contributed by atoms with van der Waals surface area (Å²) in [5.41, 5.74) is 3.22. The van der Waals surface area contributed by atoms with Crippen molar-refractivity contribution in [2.45, 2.75) is 0 Å². The maximum Gasteiger partial charge on any atom is 0.370 e. The fourth-order valence-electron chi connectivity index (χ4n) is 1.07. The number of rotatable bonds is 6. The Bertz CT molecular complexity index is 460. The van der Waals surface area contributed by atoms with Gasteiger partial charge in [0.2, 0.25) is 5.17 Å². The van der Waals surface area contributed by atoms with Crippen LogP contribution in [0.25, 0.3) is 0 Å². The lowest BCUT2D eigenvalue weighted by Gasteiger charge is -2.09. The van der Waals surface area contributed by atoms with Gasteiger partial charge in [-0.25, -0.2) is 4.79 Å². The van der Waals surface area contributed by atoms with E-state index in [1.807, 2.05) is 6.07 Å². The second-order valence-corrected chi connectivity index (χ2v) is 3.46. The van der Waals surface area contributed by atoms with Gasteiger partial charge in [-0.15, -0.1) is 0 Å². The molecule has 18 heavy (non-hydrogen) atoms. The molecule has 6 heteroatoms. The Balaban J connectivity index is 2.77. The topological polar surface area (TPSA) is 59.9 Å². The predicted molar refractivity (Wildman–Crippen MR) is 71.1 cm³/mol. The molecule has 0 saturated heterocycles. The lowest BCUT2D eigenvalue weighted by Crippen LogP contribution is -2.11. The van der Waals surface area contributed by atoms with Gasteiger partial charge >= 0.3 is 5.97 Å².